The second-order valence-corrected chi connectivity index (χ2v) is 12.5. The molecule has 0 spiro atoms. The summed E-state index contributed by atoms with van der Waals surface area (Å²) in [5.41, 5.74) is 0.975. The van der Waals surface area contributed by atoms with Gasteiger partial charge in [0, 0.05) is 41.4 Å². The zero-order valence-corrected chi connectivity index (χ0v) is 25.3. The van der Waals surface area contributed by atoms with Gasteiger partial charge in [-0.25, -0.2) is 4.39 Å². The number of aromatic nitrogens is 2. The number of unbranched alkanes of at least 4 members (excludes halogenated alkanes) is 3. The molecule has 0 radical (unpaired) electrons. The molecule has 1 atom stereocenters. The highest BCUT2D eigenvalue weighted by molar-refractivity contribution is 6.01. The molecule has 1 saturated carbocycles. The normalized spacial score (nSPS) is 19.1. The molecule has 0 amide bonds. The first-order valence-electron chi connectivity index (χ1n) is 16.8. The number of halogens is 1. The van der Waals surface area contributed by atoms with E-state index in [1.807, 2.05) is 17.2 Å². The van der Waals surface area contributed by atoms with Gasteiger partial charge in [-0.2, -0.15) is 9.97 Å². The highest BCUT2D eigenvalue weighted by atomic mass is 19.1. The summed E-state index contributed by atoms with van der Waals surface area (Å²) in [6, 6.07) is 6.12. The standard InChI is InChI=1S/C36H43FN4O2/c1-4-6-7-8-11-25(3)34-29-14-19-41(32-21-27(42)20-26-12-13-30(37)28(5-2)33(26)32)22-31(29)38-35(39-34)43-24-36(15-16-36)23-40-17-9-10-18-40/h2,12-14,20-22,25,42H,4,6-11,15-19,23-24H2,1,3H3/i24D2. The molecule has 1 N–H and O–H groups in total. The van der Waals surface area contributed by atoms with Gasteiger partial charge in [0.05, 0.1) is 31.6 Å². The lowest BCUT2D eigenvalue weighted by Gasteiger charge is -2.25. The van der Waals surface area contributed by atoms with Crippen LogP contribution in [0.5, 0.6) is 11.8 Å². The number of aromatic hydroxyl groups is 1. The topological polar surface area (TPSA) is 61.7 Å². The number of nitrogens with zero attached hydrogens (tertiary/aromatic N) is 4. The van der Waals surface area contributed by atoms with E-state index in [0.717, 1.165) is 75.4 Å². The zero-order valence-electron chi connectivity index (χ0n) is 27.3. The van der Waals surface area contributed by atoms with Crippen LogP contribution in [-0.4, -0.2) is 52.7 Å². The molecule has 2 aromatic carbocycles. The highest BCUT2D eigenvalue weighted by Gasteiger charge is 2.45. The number of likely N-dealkylation sites (tertiary alicyclic amines) is 1. The number of ether oxygens (including phenoxy) is 1. The average Bonchev–Trinajstić information content (AvgIpc) is 3.64. The Labute approximate surface area is 257 Å². The number of phenolic OH excluding ortho intramolecular Hbond substituents is 1. The van der Waals surface area contributed by atoms with Crippen LogP contribution in [0.3, 0.4) is 0 Å². The van der Waals surface area contributed by atoms with Gasteiger partial charge in [0.25, 0.3) is 0 Å². The van der Waals surface area contributed by atoms with Crippen LogP contribution in [0.25, 0.3) is 23.0 Å². The van der Waals surface area contributed by atoms with E-state index < -0.39 is 17.8 Å². The molecule has 226 valence electrons. The summed E-state index contributed by atoms with van der Waals surface area (Å²) in [4.78, 5) is 13.9. The monoisotopic (exact) mass is 584 g/mol. The van der Waals surface area contributed by atoms with Crippen molar-refractivity contribution in [3.05, 3.63) is 51.9 Å². The van der Waals surface area contributed by atoms with Gasteiger partial charge in [-0.3, -0.25) is 0 Å². The minimum Gasteiger partial charge on any atom is -0.508 e. The Kier molecular flexibility index (Phi) is 7.86. The third kappa shape index (κ3) is 6.35. The Morgan fingerprint density at radius 1 is 1.19 bits per heavy atom. The van der Waals surface area contributed by atoms with Gasteiger partial charge in [0.2, 0.25) is 0 Å². The van der Waals surface area contributed by atoms with Crippen LogP contribution in [0.15, 0.2) is 24.3 Å². The van der Waals surface area contributed by atoms with Crippen molar-refractivity contribution in [3.8, 4) is 24.1 Å². The molecular weight excluding hydrogens is 539 g/mol. The van der Waals surface area contributed by atoms with E-state index in [0.29, 0.717) is 34.9 Å². The fraction of sp³-hybridized carbons (Fsp3) is 0.500. The number of rotatable bonds is 12. The first kappa shape index (κ1) is 27.0. The molecule has 1 unspecified atom stereocenters. The number of benzene rings is 2. The van der Waals surface area contributed by atoms with E-state index in [9.17, 15) is 9.50 Å². The average molecular weight is 585 g/mol. The van der Waals surface area contributed by atoms with Gasteiger partial charge in [-0.1, -0.05) is 57.6 Å². The van der Waals surface area contributed by atoms with Crippen LogP contribution in [0.1, 0.15) is 91.6 Å². The number of hydrogen-bond acceptors (Lipinski definition) is 6. The summed E-state index contributed by atoms with van der Waals surface area (Å²) >= 11 is 0. The second kappa shape index (κ2) is 12.5. The molecule has 6 nitrogen and oxygen atoms in total. The van der Waals surface area contributed by atoms with Crippen molar-refractivity contribution in [3.63, 3.8) is 0 Å². The van der Waals surface area contributed by atoms with E-state index in [-0.39, 0.29) is 23.2 Å². The minimum atomic E-state index is -1.93. The van der Waals surface area contributed by atoms with Gasteiger partial charge in [0.15, 0.2) is 0 Å². The molecular formula is C36H43FN4O2. The molecule has 1 aliphatic carbocycles. The number of anilines is 1. The van der Waals surface area contributed by atoms with Gasteiger partial charge >= 0.3 is 6.01 Å². The molecule has 7 heteroatoms. The maximum atomic E-state index is 14.8. The van der Waals surface area contributed by atoms with Gasteiger partial charge < -0.3 is 19.6 Å². The first-order chi connectivity index (χ1) is 21.6. The third-order valence-corrected chi connectivity index (χ3v) is 9.13. The number of fused-ring (bicyclic) bond motifs is 2. The molecule has 3 heterocycles. The largest absolute Gasteiger partial charge is 0.508 e. The van der Waals surface area contributed by atoms with Gasteiger partial charge in [-0.05, 0) is 68.6 Å². The Balaban J connectivity index is 1.41. The van der Waals surface area contributed by atoms with Crippen molar-refractivity contribution < 1.29 is 17.0 Å². The van der Waals surface area contributed by atoms with E-state index in [1.165, 1.54) is 12.5 Å². The summed E-state index contributed by atoms with van der Waals surface area (Å²) in [6.45, 7) is 5.55. The smallest absolute Gasteiger partial charge is 0.317 e. The summed E-state index contributed by atoms with van der Waals surface area (Å²) in [5, 5.41) is 13.2. The quantitative estimate of drug-likeness (QED) is 0.214. The third-order valence-electron chi connectivity index (χ3n) is 9.13. The van der Waals surface area contributed by atoms with Crippen molar-refractivity contribution in [2.24, 2.45) is 5.41 Å². The SMILES string of the molecule is [2H]C([2H])(Oc1nc(C(C)CCCCCC)c2c(n1)=CN(c1cc(O)cc3ccc(F)c(C#C)c13)CC=2)C1(CN2CCCC2)CC1. The lowest BCUT2D eigenvalue weighted by atomic mass is 9.97. The number of terminal acetylenes is 1. The van der Waals surface area contributed by atoms with Crippen LogP contribution in [0.4, 0.5) is 10.1 Å². The Morgan fingerprint density at radius 2 is 2.00 bits per heavy atom. The van der Waals surface area contributed by atoms with E-state index in [1.54, 1.807) is 18.2 Å². The van der Waals surface area contributed by atoms with Crippen molar-refractivity contribution in [1.29, 1.82) is 0 Å². The lowest BCUT2D eigenvalue weighted by Crippen LogP contribution is -2.42. The van der Waals surface area contributed by atoms with Crippen molar-refractivity contribution >= 4 is 28.7 Å². The predicted octanol–water partition coefficient (Wildman–Crippen LogP) is 5.82. The van der Waals surface area contributed by atoms with E-state index in [2.05, 4.69) is 24.7 Å². The first-order valence-corrected chi connectivity index (χ1v) is 15.8. The van der Waals surface area contributed by atoms with Crippen molar-refractivity contribution in [2.45, 2.75) is 77.6 Å². The van der Waals surface area contributed by atoms with Crippen LogP contribution in [0.2, 0.25) is 0 Å². The molecule has 1 saturated heterocycles. The molecule has 1 aromatic heterocycles. The van der Waals surface area contributed by atoms with Crippen LogP contribution in [-0.2, 0) is 0 Å². The minimum absolute atomic E-state index is 0.0319. The lowest BCUT2D eigenvalue weighted by molar-refractivity contribution is 0.169. The maximum Gasteiger partial charge on any atom is 0.317 e. The number of phenols is 1. The molecule has 2 fully saturated rings. The summed E-state index contributed by atoms with van der Waals surface area (Å²) < 4.78 is 39.1. The van der Waals surface area contributed by atoms with Gasteiger partial charge in [0.1, 0.15) is 11.6 Å². The second-order valence-electron chi connectivity index (χ2n) is 12.5. The fourth-order valence-electron chi connectivity index (χ4n) is 6.52. The Morgan fingerprint density at radius 3 is 2.74 bits per heavy atom. The highest BCUT2D eigenvalue weighted by Crippen LogP contribution is 2.47. The summed E-state index contributed by atoms with van der Waals surface area (Å²) in [6.07, 6.45) is 19.0. The van der Waals surface area contributed by atoms with Crippen LogP contribution in [0, 0.1) is 23.6 Å². The molecule has 2 aliphatic heterocycles. The molecule has 3 aromatic rings. The molecule has 3 aliphatic rings. The van der Waals surface area contributed by atoms with Crippen molar-refractivity contribution in [1.82, 2.24) is 14.9 Å². The molecule has 0 bridgehead atoms. The summed E-state index contributed by atoms with van der Waals surface area (Å²) in [5.74, 6) is 2.15. The van der Waals surface area contributed by atoms with E-state index >= 15 is 0 Å². The number of hydrogen-bond donors (Lipinski definition) is 1. The van der Waals surface area contributed by atoms with E-state index in [4.69, 9.17) is 23.9 Å². The Bertz CT molecular complexity index is 1740. The zero-order chi connectivity index (χ0) is 31.8. The summed E-state index contributed by atoms with van der Waals surface area (Å²) in [7, 11) is 0. The van der Waals surface area contributed by atoms with Gasteiger partial charge in [-0.15, -0.1) is 6.42 Å². The van der Waals surface area contributed by atoms with Crippen molar-refractivity contribution in [2.75, 3.05) is 37.6 Å². The van der Waals surface area contributed by atoms with Crippen LogP contribution >= 0.6 is 0 Å². The maximum absolute atomic E-state index is 14.8. The fourth-order valence-corrected chi connectivity index (χ4v) is 6.52. The molecule has 43 heavy (non-hydrogen) atoms. The Hall–Kier alpha value is -3.63. The predicted molar refractivity (Wildman–Crippen MR) is 171 cm³/mol. The molecule has 6 rings (SSSR count). The van der Waals surface area contributed by atoms with Crippen LogP contribution < -0.4 is 20.2 Å².